The number of rotatable bonds is 6. The Morgan fingerprint density at radius 2 is 1.84 bits per heavy atom. The number of benzene rings is 2. The van der Waals surface area contributed by atoms with E-state index in [4.69, 9.17) is 27.9 Å². The molecule has 3 aromatic rings. The van der Waals surface area contributed by atoms with Crippen LogP contribution in [0.1, 0.15) is 18.1 Å². The summed E-state index contributed by atoms with van der Waals surface area (Å²) in [6.45, 7) is 2.88. The van der Waals surface area contributed by atoms with Crippen LogP contribution < -0.4 is 4.74 Å². The van der Waals surface area contributed by atoms with Crippen LogP contribution in [0.25, 0.3) is 6.08 Å². The quantitative estimate of drug-likeness (QED) is 0.371. The molecule has 1 amide bonds. The number of amidine groups is 1. The second-order valence-corrected chi connectivity index (χ2v) is 8.72. The van der Waals surface area contributed by atoms with Crippen LogP contribution in [0.4, 0.5) is 5.69 Å². The predicted octanol–water partition coefficient (Wildman–Crippen LogP) is 6.59. The first-order chi connectivity index (χ1) is 15.5. The number of carbonyl (C=O) groups excluding carboxylic acids is 1. The van der Waals surface area contributed by atoms with Gasteiger partial charge < -0.3 is 4.74 Å². The Balaban J connectivity index is 1.47. The van der Waals surface area contributed by atoms with Crippen LogP contribution in [0.5, 0.6) is 5.75 Å². The maximum atomic E-state index is 12.9. The molecule has 0 N–H and O–H groups in total. The zero-order chi connectivity index (χ0) is 22.5. The first-order valence-electron chi connectivity index (χ1n) is 9.90. The molecule has 1 aliphatic rings. The van der Waals surface area contributed by atoms with Gasteiger partial charge in [-0.05, 0) is 66.2 Å². The summed E-state index contributed by atoms with van der Waals surface area (Å²) in [5, 5.41) is 1.74. The van der Waals surface area contributed by atoms with Gasteiger partial charge in [0.05, 0.1) is 15.6 Å². The minimum absolute atomic E-state index is 0.0792. The zero-order valence-electron chi connectivity index (χ0n) is 17.2. The molecule has 162 valence electrons. The minimum Gasteiger partial charge on any atom is -0.489 e. The van der Waals surface area contributed by atoms with Crippen molar-refractivity contribution in [1.29, 1.82) is 0 Å². The van der Waals surface area contributed by atoms with Crippen molar-refractivity contribution >= 4 is 57.8 Å². The van der Waals surface area contributed by atoms with Gasteiger partial charge in [-0.25, -0.2) is 4.99 Å². The molecule has 32 heavy (non-hydrogen) atoms. The second kappa shape index (κ2) is 10.2. The number of aromatic nitrogens is 1. The van der Waals surface area contributed by atoms with Crippen molar-refractivity contribution in [3.05, 3.63) is 93.1 Å². The maximum absolute atomic E-state index is 12.9. The van der Waals surface area contributed by atoms with Gasteiger partial charge in [0.1, 0.15) is 12.4 Å². The highest BCUT2D eigenvalue weighted by atomic mass is 35.5. The number of hydrogen-bond acceptors (Lipinski definition) is 5. The number of likely N-dealkylation sites (N-methyl/N-ethyl adjacent to an activating group) is 1. The fourth-order valence-corrected chi connectivity index (χ4v) is 4.33. The average Bonchev–Trinajstić information content (AvgIpc) is 3.09. The molecule has 0 atom stereocenters. The van der Waals surface area contributed by atoms with Crippen LogP contribution in [-0.4, -0.2) is 27.5 Å². The average molecular weight is 484 g/mol. The van der Waals surface area contributed by atoms with E-state index < -0.39 is 0 Å². The molecule has 0 bridgehead atoms. The number of aliphatic imine (C=N–C) groups is 1. The van der Waals surface area contributed by atoms with E-state index in [1.807, 2.05) is 61.5 Å². The van der Waals surface area contributed by atoms with Crippen molar-refractivity contribution in [1.82, 2.24) is 9.88 Å². The fraction of sp³-hybridized carbons (Fsp3) is 0.125. The molecule has 1 fully saturated rings. The number of carbonyl (C=O) groups is 1. The summed E-state index contributed by atoms with van der Waals surface area (Å²) in [6.07, 6.45) is 5.01. The Bertz CT molecular complexity index is 1180. The molecule has 0 saturated carbocycles. The minimum atomic E-state index is -0.0792. The van der Waals surface area contributed by atoms with Crippen molar-refractivity contribution in [2.75, 3.05) is 6.54 Å². The van der Waals surface area contributed by atoms with Crippen molar-refractivity contribution in [2.24, 2.45) is 4.99 Å². The molecule has 1 saturated heterocycles. The summed E-state index contributed by atoms with van der Waals surface area (Å²) in [7, 11) is 0. The highest BCUT2D eigenvalue weighted by Gasteiger charge is 2.32. The molecule has 4 rings (SSSR count). The number of thioether (sulfide) groups is 1. The summed E-state index contributed by atoms with van der Waals surface area (Å²) in [4.78, 5) is 23.6. The Hall–Kier alpha value is -2.80. The Kier molecular flexibility index (Phi) is 7.15. The van der Waals surface area contributed by atoms with Crippen molar-refractivity contribution in [3.8, 4) is 5.75 Å². The lowest BCUT2D eigenvalue weighted by Crippen LogP contribution is -2.28. The monoisotopic (exact) mass is 483 g/mol. The van der Waals surface area contributed by atoms with Gasteiger partial charge in [0.15, 0.2) is 5.17 Å². The highest BCUT2D eigenvalue weighted by Crippen LogP contribution is 2.35. The van der Waals surface area contributed by atoms with Gasteiger partial charge in [0.25, 0.3) is 5.91 Å². The van der Waals surface area contributed by atoms with Gasteiger partial charge in [-0.3, -0.25) is 14.7 Å². The molecule has 2 aromatic carbocycles. The van der Waals surface area contributed by atoms with E-state index >= 15 is 0 Å². The van der Waals surface area contributed by atoms with E-state index in [0.29, 0.717) is 39.0 Å². The fourth-order valence-electron chi connectivity index (χ4n) is 2.99. The predicted molar refractivity (Wildman–Crippen MR) is 132 cm³/mol. The van der Waals surface area contributed by atoms with Gasteiger partial charge >= 0.3 is 0 Å². The number of ether oxygens (including phenoxy) is 1. The first kappa shape index (κ1) is 22.4. The maximum Gasteiger partial charge on any atom is 0.266 e. The van der Waals surface area contributed by atoms with Crippen molar-refractivity contribution in [3.63, 3.8) is 0 Å². The van der Waals surface area contributed by atoms with Crippen LogP contribution >= 0.6 is 35.0 Å². The topological polar surface area (TPSA) is 54.8 Å². The molecule has 2 heterocycles. The van der Waals surface area contributed by atoms with Gasteiger partial charge in [0, 0.05) is 24.0 Å². The summed E-state index contributed by atoms with van der Waals surface area (Å²) in [5.74, 6) is 0.668. The van der Waals surface area contributed by atoms with E-state index in [-0.39, 0.29) is 5.91 Å². The summed E-state index contributed by atoms with van der Waals surface area (Å²) >= 11 is 13.4. The third-order valence-electron chi connectivity index (χ3n) is 4.67. The Labute approximate surface area is 200 Å². The van der Waals surface area contributed by atoms with Gasteiger partial charge in [-0.1, -0.05) is 47.5 Å². The summed E-state index contributed by atoms with van der Waals surface area (Å²) in [5.41, 5.74) is 2.52. The lowest BCUT2D eigenvalue weighted by molar-refractivity contribution is -0.122. The van der Waals surface area contributed by atoms with Crippen LogP contribution in [0.2, 0.25) is 10.0 Å². The molecule has 5 nitrogen and oxygen atoms in total. The van der Waals surface area contributed by atoms with Crippen molar-refractivity contribution in [2.45, 2.75) is 13.5 Å². The van der Waals surface area contributed by atoms with Gasteiger partial charge in [0.2, 0.25) is 0 Å². The molecule has 1 aliphatic heterocycles. The SMILES string of the molecule is CCN1C(=O)/C(=C/c2ccc(OCc3ccc(Cl)cc3)cc2)SC1=Nc1ccncc1Cl. The lowest BCUT2D eigenvalue weighted by Gasteiger charge is -2.12. The zero-order valence-corrected chi connectivity index (χ0v) is 19.5. The van der Waals surface area contributed by atoms with Crippen LogP contribution in [-0.2, 0) is 11.4 Å². The molecule has 1 aromatic heterocycles. The molecule has 0 aliphatic carbocycles. The summed E-state index contributed by atoms with van der Waals surface area (Å²) < 4.78 is 5.83. The number of nitrogens with zero attached hydrogens (tertiary/aromatic N) is 3. The van der Waals surface area contributed by atoms with E-state index in [1.165, 1.54) is 18.0 Å². The summed E-state index contributed by atoms with van der Waals surface area (Å²) in [6, 6.07) is 16.9. The molecule has 0 unspecified atom stereocenters. The number of halogens is 2. The molecular formula is C24H19Cl2N3O2S. The van der Waals surface area contributed by atoms with Crippen molar-refractivity contribution < 1.29 is 9.53 Å². The third-order valence-corrected chi connectivity index (χ3v) is 6.22. The van der Waals surface area contributed by atoms with E-state index in [1.54, 1.807) is 17.2 Å². The van der Waals surface area contributed by atoms with E-state index in [0.717, 1.165) is 16.9 Å². The third kappa shape index (κ3) is 5.33. The smallest absolute Gasteiger partial charge is 0.266 e. The van der Waals surface area contributed by atoms with Gasteiger partial charge in [-0.2, -0.15) is 0 Å². The Morgan fingerprint density at radius 1 is 1.09 bits per heavy atom. The Morgan fingerprint density at radius 3 is 2.53 bits per heavy atom. The molecule has 8 heteroatoms. The lowest BCUT2D eigenvalue weighted by atomic mass is 10.2. The van der Waals surface area contributed by atoms with Crippen LogP contribution in [0.15, 0.2) is 76.9 Å². The van der Waals surface area contributed by atoms with Gasteiger partial charge in [-0.15, -0.1) is 0 Å². The standard InChI is InChI=1S/C24H19Cl2N3O2S/c1-2-29-23(30)22(32-24(29)28-21-11-12-27-14-20(21)26)13-16-5-9-19(10-6-16)31-15-17-3-7-18(25)8-4-17/h3-14H,2,15H2,1H3/b22-13-,28-24?. The number of pyridine rings is 1. The van der Waals surface area contributed by atoms with Crippen LogP contribution in [0, 0.1) is 0 Å². The molecular weight excluding hydrogens is 465 g/mol. The number of amides is 1. The van der Waals surface area contributed by atoms with E-state index in [9.17, 15) is 4.79 Å². The normalized spacial score (nSPS) is 16.2. The van der Waals surface area contributed by atoms with Crippen LogP contribution in [0.3, 0.4) is 0 Å². The second-order valence-electron chi connectivity index (χ2n) is 6.87. The highest BCUT2D eigenvalue weighted by molar-refractivity contribution is 8.18. The molecule has 0 spiro atoms. The molecule has 0 radical (unpaired) electrons. The largest absolute Gasteiger partial charge is 0.489 e. The number of hydrogen-bond donors (Lipinski definition) is 0. The van der Waals surface area contributed by atoms with E-state index in [2.05, 4.69) is 9.98 Å². The first-order valence-corrected chi connectivity index (χ1v) is 11.5.